The van der Waals surface area contributed by atoms with Crippen LogP contribution in [0.3, 0.4) is 0 Å². The molecule has 2 aliphatic rings. The fraction of sp³-hybridized carbons (Fsp3) is 0.833. The molecule has 2 saturated heterocycles. The molecule has 1 unspecified atom stereocenters. The highest BCUT2D eigenvalue weighted by atomic mass is 16.5. The van der Waals surface area contributed by atoms with E-state index in [2.05, 4.69) is 0 Å². The minimum Gasteiger partial charge on any atom is -0.481 e. The van der Waals surface area contributed by atoms with Gasteiger partial charge in [0.2, 0.25) is 5.91 Å². The smallest absolute Gasteiger partial charge is 0.303 e. The van der Waals surface area contributed by atoms with Gasteiger partial charge in [-0.25, -0.2) is 0 Å². The zero-order valence-electron chi connectivity index (χ0n) is 10.7. The zero-order valence-corrected chi connectivity index (χ0v) is 10.7. The molecule has 0 aliphatic carbocycles. The number of morpholine rings is 1. The van der Waals surface area contributed by atoms with Crippen LogP contribution in [0.5, 0.6) is 0 Å². The Labute approximate surface area is 106 Å². The maximum atomic E-state index is 12.2. The summed E-state index contributed by atoms with van der Waals surface area (Å²) in [6.07, 6.45) is 0.203. The molecule has 6 nitrogen and oxygen atoms in total. The first kappa shape index (κ1) is 13.3. The predicted octanol–water partition coefficient (Wildman–Crippen LogP) is -0.360. The maximum absolute atomic E-state index is 12.2. The first-order chi connectivity index (χ1) is 8.58. The van der Waals surface area contributed by atoms with Gasteiger partial charge in [-0.15, -0.1) is 0 Å². The maximum Gasteiger partial charge on any atom is 0.303 e. The van der Waals surface area contributed by atoms with E-state index in [1.54, 1.807) is 0 Å². The number of carboxylic acid groups (broad SMARTS) is 1. The number of nitrogens with zero attached hydrogens (tertiary/aromatic N) is 2. The van der Waals surface area contributed by atoms with E-state index in [0.717, 1.165) is 0 Å². The molecule has 1 atom stereocenters. The van der Waals surface area contributed by atoms with Crippen molar-refractivity contribution in [3.8, 4) is 0 Å². The highest BCUT2D eigenvalue weighted by Gasteiger charge is 2.36. The van der Waals surface area contributed by atoms with Gasteiger partial charge >= 0.3 is 5.97 Å². The van der Waals surface area contributed by atoms with Gasteiger partial charge < -0.3 is 14.7 Å². The molecule has 0 aromatic carbocycles. The van der Waals surface area contributed by atoms with Gasteiger partial charge in [-0.3, -0.25) is 14.5 Å². The molecule has 2 fully saturated rings. The molecule has 0 aromatic heterocycles. The highest BCUT2D eigenvalue weighted by molar-refractivity contribution is 5.81. The Hall–Kier alpha value is -1.14. The predicted molar refractivity (Wildman–Crippen MR) is 64.2 cm³/mol. The molecule has 1 amide bonds. The molecule has 2 rings (SSSR count). The quantitative estimate of drug-likeness (QED) is 0.744. The topological polar surface area (TPSA) is 70.1 Å². The number of likely N-dealkylation sites (tertiary alicyclic amines) is 1. The monoisotopic (exact) mass is 256 g/mol. The van der Waals surface area contributed by atoms with Crippen LogP contribution in [0.2, 0.25) is 0 Å². The number of carbonyl (C=O) groups excluding carboxylic acids is 1. The Bertz CT molecular complexity index is 322. The second kappa shape index (κ2) is 5.67. The molecule has 0 aromatic rings. The van der Waals surface area contributed by atoms with E-state index in [1.807, 2.05) is 16.7 Å². The van der Waals surface area contributed by atoms with Gasteiger partial charge in [0.15, 0.2) is 0 Å². The van der Waals surface area contributed by atoms with Crippen molar-refractivity contribution >= 4 is 11.9 Å². The van der Waals surface area contributed by atoms with Crippen molar-refractivity contribution in [1.82, 2.24) is 9.80 Å². The zero-order chi connectivity index (χ0) is 13.1. The Morgan fingerprint density at radius 2 is 1.94 bits per heavy atom. The fourth-order valence-corrected chi connectivity index (χ4v) is 2.51. The lowest BCUT2D eigenvalue weighted by atomic mass is 9.94. The van der Waals surface area contributed by atoms with E-state index in [1.165, 1.54) is 0 Å². The Balaban J connectivity index is 1.76. The number of ether oxygens (including phenoxy) is 1. The van der Waals surface area contributed by atoms with Crippen LogP contribution in [-0.4, -0.2) is 72.2 Å². The van der Waals surface area contributed by atoms with Crippen molar-refractivity contribution in [3.05, 3.63) is 0 Å². The van der Waals surface area contributed by atoms with Gasteiger partial charge in [-0.1, -0.05) is 0 Å². The summed E-state index contributed by atoms with van der Waals surface area (Å²) < 4.78 is 5.22. The number of carbonyl (C=O) groups is 2. The van der Waals surface area contributed by atoms with Gasteiger partial charge in [-0.2, -0.15) is 0 Å². The number of amides is 1. The average Bonchev–Trinajstić information content (AvgIpc) is 2.32. The summed E-state index contributed by atoms with van der Waals surface area (Å²) >= 11 is 0. The minimum atomic E-state index is -0.758. The number of hydrogen-bond acceptors (Lipinski definition) is 4. The van der Waals surface area contributed by atoms with Crippen molar-refractivity contribution in [1.29, 1.82) is 0 Å². The second-order valence-electron chi connectivity index (χ2n) is 5.03. The van der Waals surface area contributed by atoms with Crippen LogP contribution in [0, 0.1) is 5.92 Å². The van der Waals surface area contributed by atoms with Crippen LogP contribution in [0.4, 0.5) is 0 Å². The van der Waals surface area contributed by atoms with Crippen LogP contribution in [0.15, 0.2) is 0 Å². The van der Waals surface area contributed by atoms with E-state index in [9.17, 15) is 9.59 Å². The van der Waals surface area contributed by atoms with Gasteiger partial charge in [0.25, 0.3) is 0 Å². The highest BCUT2D eigenvalue weighted by Crippen LogP contribution is 2.22. The third-order valence-electron chi connectivity index (χ3n) is 3.68. The summed E-state index contributed by atoms with van der Waals surface area (Å²) in [5.74, 6) is -0.429. The molecule has 102 valence electrons. The van der Waals surface area contributed by atoms with E-state index >= 15 is 0 Å². The lowest BCUT2D eigenvalue weighted by molar-refractivity contribution is -0.145. The van der Waals surface area contributed by atoms with Crippen LogP contribution >= 0.6 is 0 Å². The summed E-state index contributed by atoms with van der Waals surface area (Å²) in [7, 11) is 0. The molecular formula is C12H20N2O4. The molecule has 0 spiro atoms. The molecule has 0 saturated carbocycles. The van der Waals surface area contributed by atoms with E-state index < -0.39 is 5.97 Å². The van der Waals surface area contributed by atoms with Crippen LogP contribution in [-0.2, 0) is 14.3 Å². The van der Waals surface area contributed by atoms with Crippen LogP contribution in [0.25, 0.3) is 0 Å². The van der Waals surface area contributed by atoms with Crippen molar-refractivity contribution in [2.24, 2.45) is 5.92 Å². The van der Waals surface area contributed by atoms with Crippen LogP contribution in [0.1, 0.15) is 13.3 Å². The Morgan fingerprint density at radius 1 is 1.33 bits per heavy atom. The first-order valence-electron chi connectivity index (χ1n) is 6.40. The van der Waals surface area contributed by atoms with Gasteiger partial charge in [-0.05, 0) is 12.8 Å². The summed E-state index contributed by atoms with van der Waals surface area (Å²) in [4.78, 5) is 26.6. The Morgan fingerprint density at radius 3 is 2.50 bits per heavy atom. The molecular weight excluding hydrogens is 236 g/mol. The average molecular weight is 256 g/mol. The molecule has 0 bridgehead atoms. The standard InChI is InChI=1S/C12H20N2O4/c1-9(12(17)13-2-4-18-5-3-13)14-7-10(8-14)6-11(15)16/h9-10H,2-8H2,1H3,(H,15,16). The van der Waals surface area contributed by atoms with Gasteiger partial charge in [0.1, 0.15) is 0 Å². The van der Waals surface area contributed by atoms with Gasteiger partial charge in [0.05, 0.1) is 25.7 Å². The van der Waals surface area contributed by atoms with Gasteiger partial charge in [0, 0.05) is 26.2 Å². The number of rotatable bonds is 4. The van der Waals surface area contributed by atoms with E-state index in [-0.39, 0.29) is 24.3 Å². The lowest BCUT2D eigenvalue weighted by Gasteiger charge is -2.43. The molecule has 0 radical (unpaired) electrons. The number of carboxylic acids is 1. The summed E-state index contributed by atoms with van der Waals surface area (Å²) in [5.41, 5.74) is 0. The normalized spacial score (nSPS) is 23.5. The molecule has 6 heteroatoms. The van der Waals surface area contributed by atoms with Crippen LogP contribution < -0.4 is 0 Å². The van der Waals surface area contributed by atoms with E-state index in [4.69, 9.17) is 9.84 Å². The number of aliphatic carboxylic acids is 1. The molecule has 18 heavy (non-hydrogen) atoms. The fourth-order valence-electron chi connectivity index (χ4n) is 2.51. The molecule has 2 aliphatic heterocycles. The third-order valence-corrected chi connectivity index (χ3v) is 3.68. The molecule has 2 heterocycles. The summed E-state index contributed by atoms with van der Waals surface area (Å²) in [5, 5.41) is 8.68. The second-order valence-corrected chi connectivity index (χ2v) is 5.03. The summed E-state index contributed by atoms with van der Waals surface area (Å²) in [6, 6.07) is -0.145. The van der Waals surface area contributed by atoms with Crippen molar-refractivity contribution < 1.29 is 19.4 Å². The summed E-state index contributed by atoms with van der Waals surface area (Å²) in [6.45, 7) is 5.87. The first-order valence-corrected chi connectivity index (χ1v) is 6.40. The third kappa shape index (κ3) is 3.00. The minimum absolute atomic E-state index is 0.132. The van der Waals surface area contributed by atoms with E-state index in [0.29, 0.717) is 39.4 Å². The number of hydrogen-bond donors (Lipinski definition) is 1. The largest absolute Gasteiger partial charge is 0.481 e. The van der Waals surface area contributed by atoms with Crippen molar-refractivity contribution in [2.75, 3.05) is 39.4 Å². The SMILES string of the molecule is CC(C(=O)N1CCOCC1)N1CC(CC(=O)O)C1. The lowest BCUT2D eigenvalue weighted by Crippen LogP contribution is -2.58. The van der Waals surface area contributed by atoms with Crippen molar-refractivity contribution in [3.63, 3.8) is 0 Å². The molecule has 1 N–H and O–H groups in total. The van der Waals surface area contributed by atoms with Crippen molar-refractivity contribution in [2.45, 2.75) is 19.4 Å². The Kier molecular flexibility index (Phi) is 4.19.